The van der Waals surface area contributed by atoms with Crippen molar-refractivity contribution in [3.63, 3.8) is 0 Å². The van der Waals surface area contributed by atoms with Gasteiger partial charge in [0.2, 0.25) is 5.91 Å². The first-order valence-corrected chi connectivity index (χ1v) is 6.53. The van der Waals surface area contributed by atoms with Gasteiger partial charge in [0.15, 0.2) is 0 Å². The summed E-state index contributed by atoms with van der Waals surface area (Å²) in [7, 11) is 1.85. The van der Waals surface area contributed by atoms with Crippen LogP contribution in [0, 0.1) is 0 Å². The van der Waals surface area contributed by atoms with Gasteiger partial charge in [-0.1, -0.05) is 18.6 Å². The van der Waals surface area contributed by atoms with Crippen LogP contribution in [0.5, 0.6) is 0 Å². The molecule has 1 aliphatic carbocycles. The number of nitrogens with zero attached hydrogens (tertiary/aromatic N) is 4. The second-order valence-electron chi connectivity index (χ2n) is 4.97. The maximum absolute atomic E-state index is 11.9. The van der Waals surface area contributed by atoms with Gasteiger partial charge in [-0.25, -0.2) is 4.68 Å². The highest BCUT2D eigenvalue weighted by molar-refractivity contribution is 5.76. The lowest BCUT2D eigenvalue weighted by atomic mass is 10.1. The Morgan fingerprint density at radius 2 is 2.39 bits per heavy atom. The van der Waals surface area contributed by atoms with Crippen LogP contribution in [0.25, 0.3) is 0 Å². The quantitative estimate of drug-likeness (QED) is 0.807. The van der Waals surface area contributed by atoms with Crippen LogP contribution >= 0.6 is 0 Å². The fourth-order valence-electron chi connectivity index (χ4n) is 1.94. The molecule has 6 heteroatoms. The van der Waals surface area contributed by atoms with Crippen molar-refractivity contribution in [2.24, 2.45) is 5.73 Å². The van der Waals surface area contributed by atoms with Crippen LogP contribution in [0.4, 0.5) is 0 Å². The van der Waals surface area contributed by atoms with Crippen molar-refractivity contribution >= 4 is 5.91 Å². The zero-order valence-corrected chi connectivity index (χ0v) is 11.0. The average molecular weight is 251 g/mol. The van der Waals surface area contributed by atoms with Crippen molar-refractivity contribution in [2.45, 2.75) is 51.2 Å². The molecule has 0 bridgehead atoms. The minimum Gasteiger partial charge on any atom is -0.341 e. The van der Waals surface area contributed by atoms with E-state index in [1.807, 2.05) is 7.05 Å². The standard InChI is InChI=1S/C12H21N5O/c1-3-4-10(13)11-7-17(15-14-11)8-12(18)16(2)9-5-6-9/h7,9-10H,3-6,8,13H2,1-2H3. The van der Waals surface area contributed by atoms with Gasteiger partial charge in [0, 0.05) is 13.1 Å². The predicted molar refractivity (Wildman–Crippen MR) is 67.7 cm³/mol. The van der Waals surface area contributed by atoms with E-state index in [4.69, 9.17) is 5.73 Å². The second-order valence-corrected chi connectivity index (χ2v) is 4.97. The highest BCUT2D eigenvalue weighted by Gasteiger charge is 2.29. The highest BCUT2D eigenvalue weighted by Crippen LogP contribution is 2.25. The van der Waals surface area contributed by atoms with Gasteiger partial charge in [-0.05, 0) is 19.3 Å². The fourth-order valence-corrected chi connectivity index (χ4v) is 1.94. The van der Waals surface area contributed by atoms with Gasteiger partial charge in [-0.15, -0.1) is 5.10 Å². The van der Waals surface area contributed by atoms with Crippen molar-refractivity contribution in [1.29, 1.82) is 0 Å². The number of aromatic nitrogens is 3. The van der Waals surface area contributed by atoms with E-state index < -0.39 is 0 Å². The summed E-state index contributed by atoms with van der Waals surface area (Å²) in [4.78, 5) is 13.7. The topological polar surface area (TPSA) is 77.0 Å². The van der Waals surface area contributed by atoms with Gasteiger partial charge in [0.1, 0.15) is 6.54 Å². The molecule has 1 atom stereocenters. The number of hydrogen-bond donors (Lipinski definition) is 1. The molecule has 18 heavy (non-hydrogen) atoms. The summed E-state index contributed by atoms with van der Waals surface area (Å²) < 4.78 is 1.58. The molecular formula is C12H21N5O. The smallest absolute Gasteiger partial charge is 0.244 e. The molecule has 0 spiro atoms. The van der Waals surface area contributed by atoms with Gasteiger partial charge in [-0.3, -0.25) is 4.79 Å². The largest absolute Gasteiger partial charge is 0.341 e. The molecule has 1 aromatic heterocycles. The molecule has 1 aliphatic rings. The van der Waals surface area contributed by atoms with E-state index in [2.05, 4.69) is 17.2 Å². The number of amides is 1. The average Bonchev–Trinajstić information content (AvgIpc) is 3.09. The fraction of sp³-hybridized carbons (Fsp3) is 0.750. The second kappa shape index (κ2) is 5.48. The van der Waals surface area contributed by atoms with Crippen molar-refractivity contribution in [3.8, 4) is 0 Å². The first-order chi connectivity index (χ1) is 8.61. The zero-order chi connectivity index (χ0) is 13.1. The minimum atomic E-state index is -0.0833. The van der Waals surface area contributed by atoms with Gasteiger partial charge in [0.05, 0.1) is 17.9 Å². The predicted octanol–water partition coefficient (Wildman–Crippen LogP) is 0.699. The summed E-state index contributed by atoms with van der Waals surface area (Å²) >= 11 is 0. The van der Waals surface area contributed by atoms with E-state index in [1.165, 1.54) is 0 Å². The van der Waals surface area contributed by atoms with E-state index >= 15 is 0 Å². The molecular weight excluding hydrogens is 230 g/mol. The molecule has 0 aromatic carbocycles. The zero-order valence-electron chi connectivity index (χ0n) is 11.0. The Kier molecular flexibility index (Phi) is 3.96. The molecule has 1 aromatic rings. The normalized spacial score (nSPS) is 16.6. The first kappa shape index (κ1) is 13.0. The number of rotatable bonds is 6. The summed E-state index contributed by atoms with van der Waals surface area (Å²) in [6, 6.07) is 0.350. The molecule has 2 rings (SSSR count). The van der Waals surface area contributed by atoms with E-state index in [1.54, 1.807) is 15.8 Å². The van der Waals surface area contributed by atoms with Crippen molar-refractivity contribution < 1.29 is 4.79 Å². The van der Waals surface area contributed by atoms with E-state index in [0.717, 1.165) is 31.4 Å². The molecule has 100 valence electrons. The van der Waals surface area contributed by atoms with Crippen LogP contribution in [-0.2, 0) is 11.3 Å². The number of nitrogens with two attached hydrogens (primary N) is 1. The summed E-state index contributed by atoms with van der Waals surface area (Å²) in [6.45, 7) is 2.33. The number of likely N-dealkylation sites (N-methyl/N-ethyl adjacent to an activating group) is 1. The Morgan fingerprint density at radius 3 is 3.00 bits per heavy atom. The van der Waals surface area contributed by atoms with Crippen molar-refractivity contribution in [2.75, 3.05) is 7.05 Å². The Bertz CT molecular complexity index is 412. The molecule has 1 unspecified atom stereocenters. The summed E-state index contributed by atoms with van der Waals surface area (Å²) in [5, 5.41) is 7.99. The Hall–Kier alpha value is -1.43. The van der Waals surface area contributed by atoms with E-state index in [0.29, 0.717) is 6.04 Å². The summed E-state index contributed by atoms with van der Waals surface area (Å²) in [5.41, 5.74) is 6.72. The molecule has 2 N–H and O–H groups in total. The van der Waals surface area contributed by atoms with Gasteiger partial charge in [-0.2, -0.15) is 0 Å². The van der Waals surface area contributed by atoms with Crippen LogP contribution in [0.2, 0.25) is 0 Å². The molecule has 0 radical (unpaired) electrons. The molecule has 1 heterocycles. The Morgan fingerprint density at radius 1 is 1.67 bits per heavy atom. The van der Waals surface area contributed by atoms with E-state index in [-0.39, 0.29) is 18.5 Å². The van der Waals surface area contributed by atoms with Crippen LogP contribution in [0.1, 0.15) is 44.3 Å². The lowest BCUT2D eigenvalue weighted by molar-refractivity contribution is -0.131. The minimum absolute atomic E-state index is 0.0815. The lowest BCUT2D eigenvalue weighted by Gasteiger charge is -2.15. The van der Waals surface area contributed by atoms with Crippen LogP contribution in [0.15, 0.2) is 6.20 Å². The summed E-state index contributed by atoms with van der Waals surface area (Å²) in [6.07, 6.45) is 5.91. The van der Waals surface area contributed by atoms with Crippen molar-refractivity contribution in [3.05, 3.63) is 11.9 Å². The van der Waals surface area contributed by atoms with Crippen LogP contribution < -0.4 is 5.73 Å². The number of carbonyl (C=O) groups excluding carboxylic acids is 1. The first-order valence-electron chi connectivity index (χ1n) is 6.53. The molecule has 1 fully saturated rings. The highest BCUT2D eigenvalue weighted by atomic mass is 16.2. The molecule has 1 amide bonds. The lowest BCUT2D eigenvalue weighted by Crippen LogP contribution is -2.32. The van der Waals surface area contributed by atoms with Crippen LogP contribution in [0.3, 0.4) is 0 Å². The Labute approximate surface area is 107 Å². The Balaban J connectivity index is 1.91. The molecule has 6 nitrogen and oxygen atoms in total. The van der Waals surface area contributed by atoms with Crippen molar-refractivity contribution in [1.82, 2.24) is 19.9 Å². The van der Waals surface area contributed by atoms with Gasteiger partial charge < -0.3 is 10.6 Å². The third-order valence-electron chi connectivity index (χ3n) is 3.32. The monoisotopic (exact) mass is 251 g/mol. The molecule has 0 saturated heterocycles. The molecule has 1 saturated carbocycles. The SMILES string of the molecule is CCCC(N)c1cn(CC(=O)N(C)C2CC2)nn1. The summed E-state index contributed by atoms with van der Waals surface area (Å²) in [5.74, 6) is 0.0815. The van der Waals surface area contributed by atoms with E-state index in [9.17, 15) is 4.79 Å². The number of hydrogen-bond acceptors (Lipinski definition) is 4. The van der Waals surface area contributed by atoms with Crippen LogP contribution in [-0.4, -0.2) is 38.9 Å². The maximum Gasteiger partial charge on any atom is 0.244 e. The van der Waals surface area contributed by atoms with Gasteiger partial charge in [0.25, 0.3) is 0 Å². The third kappa shape index (κ3) is 3.07. The molecule has 0 aliphatic heterocycles. The maximum atomic E-state index is 11.9. The van der Waals surface area contributed by atoms with Gasteiger partial charge >= 0.3 is 0 Å². The number of carbonyl (C=O) groups is 1. The third-order valence-corrected chi connectivity index (χ3v) is 3.32.